The summed E-state index contributed by atoms with van der Waals surface area (Å²) in [5, 5.41) is 18.7. The Kier molecular flexibility index (Phi) is 5.85. The third kappa shape index (κ3) is 4.64. The predicted octanol–water partition coefficient (Wildman–Crippen LogP) is 2.01. The van der Waals surface area contributed by atoms with E-state index in [0.717, 1.165) is 0 Å². The molecule has 3 N–H and O–H groups in total. The summed E-state index contributed by atoms with van der Waals surface area (Å²) in [6.45, 7) is 3.36. The van der Waals surface area contributed by atoms with Gasteiger partial charge in [0.15, 0.2) is 11.4 Å². The lowest BCUT2D eigenvalue weighted by Gasteiger charge is -2.08. The molecule has 0 spiro atoms. The van der Waals surface area contributed by atoms with Crippen LogP contribution in [0.5, 0.6) is 11.6 Å². The Balaban J connectivity index is 2.26. The molecule has 0 saturated heterocycles. The average Bonchev–Trinajstić information content (AvgIpc) is 2.57. The number of H-pyrrole nitrogens is 1. The van der Waals surface area contributed by atoms with E-state index in [4.69, 9.17) is 22.1 Å². The number of aliphatic imine (C=N–C) groups is 1. The zero-order valence-corrected chi connectivity index (χ0v) is 13.8. The first-order valence-electron chi connectivity index (χ1n) is 7.08. The highest BCUT2D eigenvalue weighted by molar-refractivity contribution is 7.71. The Labute approximate surface area is 147 Å². The first-order valence-corrected chi connectivity index (χ1v) is 7.49. The zero-order chi connectivity index (χ0) is 18.4. The van der Waals surface area contributed by atoms with Gasteiger partial charge in [0.1, 0.15) is 11.3 Å². The molecule has 0 bridgehead atoms. The minimum atomic E-state index is -1.07. The second kappa shape index (κ2) is 8.06. The largest absolute Gasteiger partial charge is 0.494 e. The van der Waals surface area contributed by atoms with Crippen LogP contribution < -0.4 is 10.3 Å². The lowest BCUT2D eigenvalue weighted by molar-refractivity contribution is -0.139. The number of benzene rings is 1. The molecule has 0 saturated carbocycles. The summed E-state index contributed by atoms with van der Waals surface area (Å²) >= 11 is 4.99. The molecule has 0 atom stereocenters. The quantitative estimate of drug-likeness (QED) is 0.395. The van der Waals surface area contributed by atoms with E-state index in [-0.39, 0.29) is 22.8 Å². The number of aromatic hydroxyl groups is 1. The number of aromatic amines is 1. The van der Waals surface area contributed by atoms with E-state index in [1.54, 1.807) is 24.3 Å². The van der Waals surface area contributed by atoms with Crippen LogP contribution in [0, 0.1) is 4.77 Å². The Morgan fingerprint density at radius 1 is 1.40 bits per heavy atom. The molecule has 8 nitrogen and oxygen atoms in total. The van der Waals surface area contributed by atoms with E-state index in [2.05, 4.69) is 16.6 Å². The average molecular weight is 361 g/mol. The molecule has 25 heavy (non-hydrogen) atoms. The van der Waals surface area contributed by atoms with Crippen molar-refractivity contribution in [1.82, 2.24) is 9.55 Å². The van der Waals surface area contributed by atoms with Crippen LogP contribution in [0.15, 0.2) is 46.7 Å². The number of nitrogens with one attached hydrogen (secondary N) is 1. The topological polar surface area (TPSA) is 117 Å². The smallest absolute Gasteiger partial charge is 0.341 e. The predicted molar refractivity (Wildman–Crippen MR) is 94.6 cm³/mol. The molecule has 9 heteroatoms. The van der Waals surface area contributed by atoms with Crippen LogP contribution in [0.4, 0.5) is 5.69 Å². The number of rotatable bonds is 7. The second-order valence-corrected chi connectivity index (χ2v) is 5.22. The normalized spacial score (nSPS) is 10.7. The molecule has 0 fully saturated rings. The number of nitrogens with zero attached hydrogens (tertiary/aromatic N) is 2. The Hall–Kier alpha value is -3.20. The first-order chi connectivity index (χ1) is 11.9. The fourth-order valence-corrected chi connectivity index (χ4v) is 2.16. The van der Waals surface area contributed by atoms with E-state index in [9.17, 15) is 14.7 Å². The van der Waals surface area contributed by atoms with Gasteiger partial charge in [-0.1, -0.05) is 6.08 Å². The van der Waals surface area contributed by atoms with Crippen molar-refractivity contribution >= 4 is 30.1 Å². The fraction of sp³-hybridized carbons (Fsp3) is 0.125. The SMILES string of the molecule is C=CCn1c(O)c(C=Nc2ccc(OCC(=O)O)cc2)c(=O)[nH]c1=S. The molecule has 130 valence electrons. The number of carbonyl (C=O) groups is 1. The highest BCUT2D eigenvalue weighted by atomic mass is 32.1. The summed E-state index contributed by atoms with van der Waals surface area (Å²) in [5.74, 6) is -1.00. The second-order valence-electron chi connectivity index (χ2n) is 4.83. The molecule has 0 amide bonds. The summed E-state index contributed by atoms with van der Waals surface area (Å²) in [4.78, 5) is 29.0. The maximum Gasteiger partial charge on any atom is 0.341 e. The van der Waals surface area contributed by atoms with Gasteiger partial charge in [-0.2, -0.15) is 0 Å². The monoisotopic (exact) mass is 361 g/mol. The van der Waals surface area contributed by atoms with Gasteiger partial charge < -0.3 is 14.9 Å². The minimum absolute atomic E-state index is 0.0401. The third-order valence-electron chi connectivity index (χ3n) is 3.06. The van der Waals surface area contributed by atoms with Crippen molar-refractivity contribution in [3.63, 3.8) is 0 Å². The van der Waals surface area contributed by atoms with Gasteiger partial charge in [-0.15, -0.1) is 6.58 Å². The van der Waals surface area contributed by atoms with Gasteiger partial charge in [-0.25, -0.2) is 4.79 Å². The number of allylic oxidation sites excluding steroid dienone is 1. The summed E-state index contributed by atoms with van der Waals surface area (Å²) in [6.07, 6.45) is 2.75. The minimum Gasteiger partial charge on any atom is -0.494 e. The van der Waals surface area contributed by atoms with E-state index in [0.29, 0.717) is 11.4 Å². The molecular formula is C16H15N3O5S. The summed E-state index contributed by atoms with van der Waals surface area (Å²) < 4.78 is 6.40. The number of aromatic nitrogens is 2. The molecular weight excluding hydrogens is 346 g/mol. The van der Waals surface area contributed by atoms with E-state index in [1.165, 1.54) is 16.9 Å². The molecule has 1 heterocycles. The van der Waals surface area contributed by atoms with Crippen LogP contribution >= 0.6 is 12.2 Å². The summed E-state index contributed by atoms with van der Waals surface area (Å²) in [6, 6.07) is 6.25. The Morgan fingerprint density at radius 2 is 2.08 bits per heavy atom. The number of carboxylic acids is 1. The van der Waals surface area contributed by atoms with Gasteiger partial charge in [0.25, 0.3) is 5.56 Å². The van der Waals surface area contributed by atoms with Crippen LogP contribution in [-0.2, 0) is 11.3 Å². The van der Waals surface area contributed by atoms with Gasteiger partial charge in [-0.3, -0.25) is 19.3 Å². The van der Waals surface area contributed by atoms with Gasteiger partial charge in [0.05, 0.1) is 5.69 Å². The highest BCUT2D eigenvalue weighted by Crippen LogP contribution is 2.19. The molecule has 1 aromatic heterocycles. The number of hydrogen-bond acceptors (Lipinski definition) is 6. The number of ether oxygens (including phenoxy) is 1. The maximum atomic E-state index is 12.0. The Bertz CT molecular complexity index is 928. The van der Waals surface area contributed by atoms with Gasteiger partial charge in [0, 0.05) is 12.8 Å². The summed E-state index contributed by atoms with van der Waals surface area (Å²) in [5.41, 5.74) is -0.117. The van der Waals surface area contributed by atoms with Crippen molar-refractivity contribution < 1.29 is 19.7 Å². The molecule has 0 aliphatic heterocycles. The highest BCUT2D eigenvalue weighted by Gasteiger charge is 2.10. The van der Waals surface area contributed by atoms with Crippen molar-refractivity contribution in [3.8, 4) is 11.6 Å². The van der Waals surface area contributed by atoms with Crippen LogP contribution in [0.1, 0.15) is 5.56 Å². The fourth-order valence-electron chi connectivity index (χ4n) is 1.90. The van der Waals surface area contributed by atoms with Crippen molar-refractivity contribution in [3.05, 3.63) is 57.6 Å². The molecule has 0 aliphatic carbocycles. The number of carboxylic acid groups (broad SMARTS) is 1. The molecule has 0 radical (unpaired) electrons. The lowest BCUT2D eigenvalue weighted by Crippen LogP contribution is -2.18. The molecule has 2 aromatic rings. The number of aliphatic carboxylic acids is 1. The first kappa shape index (κ1) is 18.1. The van der Waals surface area contributed by atoms with Gasteiger partial charge in [-0.05, 0) is 36.5 Å². The molecule has 1 aromatic carbocycles. The van der Waals surface area contributed by atoms with E-state index < -0.39 is 18.1 Å². The Morgan fingerprint density at radius 3 is 2.68 bits per heavy atom. The van der Waals surface area contributed by atoms with Crippen molar-refractivity contribution in [1.29, 1.82) is 0 Å². The van der Waals surface area contributed by atoms with Crippen LogP contribution in [0.3, 0.4) is 0 Å². The van der Waals surface area contributed by atoms with Crippen molar-refractivity contribution in [2.75, 3.05) is 6.61 Å². The van der Waals surface area contributed by atoms with Crippen LogP contribution in [0.25, 0.3) is 0 Å². The summed E-state index contributed by atoms with van der Waals surface area (Å²) in [7, 11) is 0. The van der Waals surface area contributed by atoms with E-state index in [1.807, 2.05) is 0 Å². The van der Waals surface area contributed by atoms with Gasteiger partial charge >= 0.3 is 5.97 Å². The standard InChI is InChI=1S/C16H15N3O5S/c1-2-7-19-15(23)12(14(22)18-16(19)25)8-17-10-3-5-11(6-4-10)24-9-13(20)21/h2-6,8,23H,1,7,9H2,(H,20,21)(H,18,22,25). The van der Waals surface area contributed by atoms with Gasteiger partial charge in [0.2, 0.25) is 5.88 Å². The molecule has 0 unspecified atom stereocenters. The van der Waals surface area contributed by atoms with Crippen LogP contribution in [-0.4, -0.2) is 38.6 Å². The van der Waals surface area contributed by atoms with E-state index >= 15 is 0 Å². The lowest BCUT2D eigenvalue weighted by atomic mass is 10.3. The molecule has 2 rings (SSSR count). The third-order valence-corrected chi connectivity index (χ3v) is 3.38. The zero-order valence-electron chi connectivity index (χ0n) is 13.0. The number of hydrogen-bond donors (Lipinski definition) is 3. The molecule has 0 aliphatic rings. The maximum absolute atomic E-state index is 12.0. The van der Waals surface area contributed by atoms with Crippen molar-refractivity contribution in [2.24, 2.45) is 4.99 Å². The van der Waals surface area contributed by atoms with Crippen LogP contribution in [0.2, 0.25) is 0 Å². The van der Waals surface area contributed by atoms with Crippen molar-refractivity contribution in [2.45, 2.75) is 6.54 Å².